The lowest BCUT2D eigenvalue weighted by Crippen LogP contribution is -2.42. The third kappa shape index (κ3) is 4.20. The van der Waals surface area contributed by atoms with Crippen LogP contribution < -0.4 is 0 Å². The molecule has 3 aliphatic rings. The highest BCUT2D eigenvalue weighted by molar-refractivity contribution is 5.77. The maximum Gasteiger partial charge on any atom is 0.222 e. The first-order chi connectivity index (χ1) is 14.0. The number of carbonyl (C=O) groups is 2. The molecule has 1 unspecified atom stereocenters. The van der Waals surface area contributed by atoms with Crippen molar-refractivity contribution in [1.82, 2.24) is 15.0 Å². The van der Waals surface area contributed by atoms with Gasteiger partial charge in [-0.05, 0) is 50.9 Å². The summed E-state index contributed by atoms with van der Waals surface area (Å²) in [7, 11) is 0. The first-order valence-electron chi connectivity index (χ1n) is 11.0. The van der Waals surface area contributed by atoms with Gasteiger partial charge in [-0.3, -0.25) is 9.59 Å². The molecule has 7 heteroatoms. The largest absolute Gasteiger partial charge is 0.378 e. The molecule has 0 aromatic carbocycles. The van der Waals surface area contributed by atoms with Crippen LogP contribution in [0.3, 0.4) is 0 Å². The number of hydrogen-bond acceptors (Lipinski definition) is 5. The highest BCUT2D eigenvalue weighted by Crippen LogP contribution is 2.53. The van der Waals surface area contributed by atoms with Crippen LogP contribution >= 0.6 is 0 Å². The van der Waals surface area contributed by atoms with Crippen LogP contribution in [0.25, 0.3) is 0 Å². The van der Waals surface area contributed by atoms with E-state index in [1.54, 1.807) is 0 Å². The van der Waals surface area contributed by atoms with Gasteiger partial charge in [-0.2, -0.15) is 0 Å². The van der Waals surface area contributed by atoms with E-state index >= 15 is 0 Å². The molecule has 1 aliphatic carbocycles. The number of likely N-dealkylation sites (tertiary alicyclic amines) is 1. The van der Waals surface area contributed by atoms with Crippen LogP contribution in [-0.2, 0) is 20.7 Å². The predicted molar refractivity (Wildman–Crippen MR) is 107 cm³/mol. The van der Waals surface area contributed by atoms with Crippen molar-refractivity contribution in [3.63, 3.8) is 0 Å². The lowest BCUT2D eigenvalue weighted by atomic mass is 9.62. The summed E-state index contributed by atoms with van der Waals surface area (Å²) in [5.74, 6) is 1.72. The van der Waals surface area contributed by atoms with Gasteiger partial charge in [0.1, 0.15) is 5.76 Å². The van der Waals surface area contributed by atoms with Gasteiger partial charge >= 0.3 is 0 Å². The summed E-state index contributed by atoms with van der Waals surface area (Å²) in [5.41, 5.74) is 2.19. The molecule has 3 fully saturated rings. The van der Waals surface area contributed by atoms with E-state index in [4.69, 9.17) is 9.26 Å². The van der Waals surface area contributed by atoms with Crippen molar-refractivity contribution < 1.29 is 18.8 Å². The smallest absolute Gasteiger partial charge is 0.222 e. The van der Waals surface area contributed by atoms with Crippen LogP contribution in [0.5, 0.6) is 0 Å². The molecule has 2 saturated heterocycles. The number of rotatable bonds is 6. The number of morpholine rings is 1. The quantitative estimate of drug-likeness (QED) is 0.729. The second kappa shape index (κ2) is 8.46. The number of nitrogens with zero attached hydrogens (tertiary/aromatic N) is 3. The zero-order chi connectivity index (χ0) is 20.4. The fourth-order valence-electron chi connectivity index (χ4n) is 5.34. The van der Waals surface area contributed by atoms with Crippen molar-refractivity contribution in [2.24, 2.45) is 11.3 Å². The van der Waals surface area contributed by atoms with Crippen LogP contribution in [0.15, 0.2) is 4.52 Å². The van der Waals surface area contributed by atoms with E-state index in [-0.39, 0.29) is 17.2 Å². The first-order valence-corrected chi connectivity index (χ1v) is 11.0. The molecule has 2 amide bonds. The molecule has 4 rings (SSSR count). The Morgan fingerprint density at radius 3 is 2.45 bits per heavy atom. The first kappa shape index (κ1) is 20.4. The lowest BCUT2D eigenvalue weighted by Gasteiger charge is -2.43. The highest BCUT2D eigenvalue weighted by Gasteiger charge is 2.50. The predicted octanol–water partition coefficient (Wildman–Crippen LogP) is 2.49. The zero-order valence-electron chi connectivity index (χ0n) is 17.7. The molecule has 1 atom stereocenters. The Bertz CT molecular complexity index is 730. The van der Waals surface area contributed by atoms with Crippen LogP contribution in [0.1, 0.15) is 55.5 Å². The standard InChI is InChI=1S/C22H33N3O4/c1-16-19(17(2)29-23-16)5-7-21(27)25-14-18(22(15-25)8-3-9-22)4-6-20(26)24-10-12-28-13-11-24/h18H,3-15H2,1-2H3. The van der Waals surface area contributed by atoms with Gasteiger partial charge in [0.25, 0.3) is 0 Å². The molecule has 1 saturated carbocycles. The maximum absolute atomic E-state index is 12.9. The molecule has 0 radical (unpaired) electrons. The monoisotopic (exact) mass is 403 g/mol. The van der Waals surface area contributed by atoms with E-state index < -0.39 is 0 Å². The number of aryl methyl sites for hydroxylation is 2. The number of hydrogen-bond donors (Lipinski definition) is 0. The van der Waals surface area contributed by atoms with Gasteiger partial charge in [0, 0.05) is 44.6 Å². The second-order valence-electron chi connectivity index (χ2n) is 9.02. The van der Waals surface area contributed by atoms with Gasteiger partial charge in [0.05, 0.1) is 18.9 Å². The van der Waals surface area contributed by atoms with Crippen molar-refractivity contribution in [3.8, 4) is 0 Å². The Balaban J connectivity index is 1.31. The summed E-state index contributed by atoms with van der Waals surface area (Å²) < 4.78 is 10.6. The molecular weight excluding hydrogens is 370 g/mol. The summed E-state index contributed by atoms with van der Waals surface area (Å²) >= 11 is 0. The molecule has 29 heavy (non-hydrogen) atoms. The van der Waals surface area contributed by atoms with Gasteiger partial charge in [-0.25, -0.2) is 0 Å². The van der Waals surface area contributed by atoms with Gasteiger partial charge < -0.3 is 19.1 Å². The topological polar surface area (TPSA) is 75.9 Å². The van der Waals surface area contributed by atoms with Crippen LogP contribution in [-0.4, -0.2) is 66.2 Å². The number of ether oxygens (including phenoxy) is 1. The maximum atomic E-state index is 12.9. The summed E-state index contributed by atoms with van der Waals surface area (Å²) in [5, 5.41) is 3.98. The SMILES string of the molecule is Cc1noc(C)c1CCC(=O)N1CC(CCC(=O)N2CCOCC2)C2(CCC2)C1. The normalized spacial score (nSPS) is 23.4. The van der Waals surface area contributed by atoms with E-state index in [0.29, 0.717) is 51.5 Å². The minimum absolute atomic E-state index is 0.221. The lowest BCUT2D eigenvalue weighted by molar-refractivity contribution is -0.135. The molecule has 0 bridgehead atoms. The number of carbonyl (C=O) groups excluding carboxylic acids is 2. The summed E-state index contributed by atoms with van der Waals surface area (Å²) in [6.45, 7) is 8.21. The fraction of sp³-hybridized carbons (Fsp3) is 0.773. The number of amides is 2. The van der Waals surface area contributed by atoms with Crippen LogP contribution in [0, 0.1) is 25.2 Å². The minimum Gasteiger partial charge on any atom is -0.378 e. The van der Waals surface area contributed by atoms with E-state index in [2.05, 4.69) is 10.1 Å². The second-order valence-corrected chi connectivity index (χ2v) is 9.02. The minimum atomic E-state index is 0.221. The molecule has 2 aliphatic heterocycles. The van der Waals surface area contributed by atoms with Crippen molar-refractivity contribution in [1.29, 1.82) is 0 Å². The van der Waals surface area contributed by atoms with Crippen LogP contribution in [0.4, 0.5) is 0 Å². The van der Waals surface area contributed by atoms with E-state index in [1.807, 2.05) is 18.7 Å². The van der Waals surface area contributed by atoms with E-state index in [0.717, 1.165) is 36.5 Å². The van der Waals surface area contributed by atoms with Crippen molar-refractivity contribution >= 4 is 11.8 Å². The third-order valence-corrected chi connectivity index (χ3v) is 7.36. The van der Waals surface area contributed by atoms with Gasteiger partial charge in [-0.1, -0.05) is 11.6 Å². The van der Waals surface area contributed by atoms with E-state index in [9.17, 15) is 9.59 Å². The molecule has 0 N–H and O–H groups in total. The molecule has 3 heterocycles. The Kier molecular flexibility index (Phi) is 5.95. The van der Waals surface area contributed by atoms with Gasteiger partial charge in [0.2, 0.25) is 11.8 Å². The Morgan fingerprint density at radius 1 is 1.10 bits per heavy atom. The molecule has 1 spiro atoms. The molecule has 1 aromatic heterocycles. The fourth-order valence-corrected chi connectivity index (χ4v) is 5.34. The summed E-state index contributed by atoms with van der Waals surface area (Å²) in [6, 6.07) is 0. The van der Waals surface area contributed by atoms with Crippen molar-refractivity contribution in [2.45, 2.75) is 58.8 Å². The average molecular weight is 404 g/mol. The van der Waals surface area contributed by atoms with Crippen molar-refractivity contribution in [3.05, 3.63) is 17.0 Å². The molecular formula is C22H33N3O4. The van der Waals surface area contributed by atoms with Gasteiger partial charge in [-0.15, -0.1) is 0 Å². The van der Waals surface area contributed by atoms with Crippen molar-refractivity contribution in [2.75, 3.05) is 39.4 Å². The van der Waals surface area contributed by atoms with E-state index in [1.165, 1.54) is 19.3 Å². The Hall–Kier alpha value is -1.89. The van der Waals surface area contributed by atoms with Gasteiger partial charge in [0.15, 0.2) is 0 Å². The number of aromatic nitrogens is 1. The zero-order valence-corrected chi connectivity index (χ0v) is 17.7. The summed E-state index contributed by atoms with van der Waals surface area (Å²) in [6.07, 6.45) is 6.29. The average Bonchev–Trinajstić information content (AvgIpc) is 3.25. The molecule has 160 valence electrons. The third-order valence-electron chi connectivity index (χ3n) is 7.36. The molecule has 1 aromatic rings. The Morgan fingerprint density at radius 2 is 1.83 bits per heavy atom. The van der Waals surface area contributed by atoms with Crippen LogP contribution in [0.2, 0.25) is 0 Å². The Labute approximate surface area is 172 Å². The summed E-state index contributed by atoms with van der Waals surface area (Å²) in [4.78, 5) is 29.5. The highest BCUT2D eigenvalue weighted by atomic mass is 16.5. The molecule has 7 nitrogen and oxygen atoms in total.